The van der Waals surface area contributed by atoms with Crippen LogP contribution in [0.25, 0.3) is 16.6 Å². The van der Waals surface area contributed by atoms with Crippen LogP contribution in [0, 0.1) is 0 Å². The molecule has 0 bridgehead atoms. The summed E-state index contributed by atoms with van der Waals surface area (Å²) in [5, 5.41) is 18.7. The molecule has 2 aromatic heterocycles. The van der Waals surface area contributed by atoms with Crippen LogP contribution in [0.2, 0.25) is 0 Å². The molecule has 0 radical (unpaired) electrons. The highest BCUT2D eigenvalue weighted by atomic mass is 32.2. The highest BCUT2D eigenvalue weighted by Gasteiger charge is 2.14. The second-order valence-corrected chi connectivity index (χ2v) is 7.43. The summed E-state index contributed by atoms with van der Waals surface area (Å²) in [6.45, 7) is 0. The molecule has 30 heavy (non-hydrogen) atoms. The Hall–Kier alpha value is -3.66. The standard InChI is InChI=1S/C20H18N6O3S/c1-24(2)25-12-18(29-23-25)22-17(27)13-30-20-21-16-11-7-6-10-15(16)19(28)26(20)14-8-4-3-5-9-14/h3-12H,13H2,1-2H3. The third kappa shape index (κ3) is 4.03. The summed E-state index contributed by atoms with van der Waals surface area (Å²) < 4.78 is 6.53. The van der Waals surface area contributed by atoms with Crippen molar-refractivity contribution in [3.8, 4) is 5.69 Å². The van der Waals surface area contributed by atoms with Gasteiger partial charge >= 0.3 is 5.88 Å². The molecular formula is C20H18N6O3S. The number of aromatic nitrogens is 4. The van der Waals surface area contributed by atoms with E-state index in [-0.39, 0.29) is 17.2 Å². The van der Waals surface area contributed by atoms with Gasteiger partial charge in [-0.2, -0.15) is 5.01 Å². The van der Waals surface area contributed by atoms with Crippen molar-refractivity contribution in [3.63, 3.8) is 0 Å². The monoisotopic (exact) mass is 422 g/mol. The SMILES string of the molecule is CN(C)[n+]1cc(/N=C(/[O-])CSc2nc3ccccc3c(=O)n2-c2ccccc2)on1. The third-order valence-corrected chi connectivity index (χ3v) is 5.10. The van der Waals surface area contributed by atoms with Crippen LogP contribution in [0.3, 0.4) is 0 Å². The lowest BCUT2D eigenvalue weighted by Crippen LogP contribution is -2.53. The Balaban J connectivity index is 1.67. The molecule has 152 valence electrons. The maximum absolute atomic E-state index is 13.1. The molecule has 0 aliphatic rings. The number of thioether (sulfide) groups is 1. The Bertz CT molecular complexity index is 1270. The van der Waals surface area contributed by atoms with E-state index in [0.29, 0.717) is 21.7 Å². The van der Waals surface area contributed by atoms with Crippen molar-refractivity contribution in [1.29, 1.82) is 0 Å². The number of aliphatic imine (C=N–C) groups is 1. The smallest absolute Gasteiger partial charge is 0.324 e. The molecule has 9 nitrogen and oxygen atoms in total. The van der Waals surface area contributed by atoms with Gasteiger partial charge < -0.3 is 5.11 Å². The molecule has 0 fully saturated rings. The Labute approximate surface area is 175 Å². The molecule has 0 N–H and O–H groups in total. The lowest BCUT2D eigenvalue weighted by Gasteiger charge is -2.14. The van der Waals surface area contributed by atoms with E-state index in [1.165, 1.54) is 15.6 Å². The molecule has 0 saturated heterocycles. The van der Waals surface area contributed by atoms with Crippen LogP contribution in [0.15, 0.2) is 80.3 Å². The van der Waals surface area contributed by atoms with Crippen molar-refractivity contribution < 1.29 is 14.4 Å². The van der Waals surface area contributed by atoms with Crippen molar-refractivity contribution in [2.45, 2.75) is 5.16 Å². The van der Waals surface area contributed by atoms with Gasteiger partial charge in [-0.15, -0.1) is 0 Å². The van der Waals surface area contributed by atoms with Crippen LogP contribution < -0.4 is 20.5 Å². The minimum Gasteiger partial charge on any atom is -0.861 e. The summed E-state index contributed by atoms with van der Waals surface area (Å²) in [4.78, 5) is 23.1. The molecule has 4 aromatic rings. The van der Waals surface area contributed by atoms with Gasteiger partial charge in [0.25, 0.3) is 11.8 Å². The van der Waals surface area contributed by atoms with Gasteiger partial charge in [-0.3, -0.25) is 13.9 Å². The third-order valence-electron chi connectivity index (χ3n) is 4.17. The van der Waals surface area contributed by atoms with Gasteiger partial charge in [0, 0.05) is 5.75 Å². The van der Waals surface area contributed by atoms with Gasteiger partial charge in [-0.1, -0.05) is 42.1 Å². The fourth-order valence-electron chi connectivity index (χ4n) is 2.76. The normalized spacial score (nSPS) is 11.7. The lowest BCUT2D eigenvalue weighted by molar-refractivity contribution is -0.753. The summed E-state index contributed by atoms with van der Waals surface area (Å²) in [5.74, 6) is -0.342. The number of fused-ring (bicyclic) bond motifs is 1. The van der Waals surface area contributed by atoms with Crippen molar-refractivity contribution in [2.75, 3.05) is 24.9 Å². The molecule has 10 heteroatoms. The van der Waals surface area contributed by atoms with Gasteiger partial charge in [0.05, 0.1) is 35.5 Å². The van der Waals surface area contributed by atoms with E-state index in [0.717, 1.165) is 11.8 Å². The average molecular weight is 422 g/mol. The Morgan fingerprint density at radius 2 is 1.93 bits per heavy atom. The second kappa shape index (κ2) is 8.37. The van der Waals surface area contributed by atoms with Gasteiger partial charge in [-0.25, -0.2) is 9.98 Å². The van der Waals surface area contributed by atoms with Crippen molar-refractivity contribution in [1.82, 2.24) is 14.8 Å². The van der Waals surface area contributed by atoms with Crippen LogP contribution in [-0.2, 0) is 0 Å². The fourth-order valence-corrected chi connectivity index (χ4v) is 3.56. The number of hydrogen-bond acceptors (Lipinski definition) is 8. The molecule has 0 unspecified atom stereocenters. The second-order valence-electron chi connectivity index (χ2n) is 6.49. The summed E-state index contributed by atoms with van der Waals surface area (Å²) in [6, 6.07) is 16.3. The average Bonchev–Trinajstić information content (AvgIpc) is 3.22. The number of rotatable bonds is 6. The molecular weight excluding hydrogens is 404 g/mol. The predicted octanol–water partition coefficient (Wildman–Crippen LogP) is 1.04. The Kier molecular flexibility index (Phi) is 5.48. The fraction of sp³-hybridized carbons (Fsp3) is 0.150. The molecule has 0 aliphatic carbocycles. The minimum atomic E-state index is -0.427. The molecule has 2 heterocycles. The van der Waals surface area contributed by atoms with E-state index < -0.39 is 5.90 Å². The predicted molar refractivity (Wildman–Crippen MR) is 112 cm³/mol. The molecule has 0 amide bonds. The molecule has 0 atom stereocenters. The van der Waals surface area contributed by atoms with Gasteiger partial charge in [0.2, 0.25) is 5.27 Å². The van der Waals surface area contributed by atoms with Crippen molar-refractivity contribution >= 4 is 34.4 Å². The topological polar surface area (TPSA) is 103 Å². The highest BCUT2D eigenvalue weighted by molar-refractivity contribution is 7.99. The first-order chi connectivity index (χ1) is 14.5. The summed E-state index contributed by atoms with van der Waals surface area (Å²) >= 11 is 1.14. The van der Waals surface area contributed by atoms with Crippen molar-refractivity contribution in [3.05, 3.63) is 71.1 Å². The number of nitrogens with zero attached hydrogens (tertiary/aromatic N) is 6. The molecule has 0 aliphatic heterocycles. The lowest BCUT2D eigenvalue weighted by atomic mass is 10.2. The minimum absolute atomic E-state index is 0.0136. The highest BCUT2D eigenvalue weighted by Crippen LogP contribution is 2.21. The van der Waals surface area contributed by atoms with Crippen LogP contribution in [0.1, 0.15) is 0 Å². The van der Waals surface area contributed by atoms with Gasteiger partial charge in [0.1, 0.15) is 0 Å². The van der Waals surface area contributed by atoms with Gasteiger partial charge in [-0.05, 0) is 30.2 Å². The van der Waals surface area contributed by atoms with E-state index in [2.05, 4.69) is 15.2 Å². The van der Waals surface area contributed by atoms with E-state index in [1.54, 1.807) is 37.3 Å². The van der Waals surface area contributed by atoms with Crippen LogP contribution in [0.5, 0.6) is 0 Å². The van der Waals surface area contributed by atoms with Crippen molar-refractivity contribution in [2.24, 2.45) is 4.99 Å². The van der Waals surface area contributed by atoms with E-state index in [4.69, 9.17) is 4.52 Å². The maximum Gasteiger partial charge on any atom is 0.324 e. The first kappa shape index (κ1) is 19.6. The molecule has 2 aromatic carbocycles. The van der Waals surface area contributed by atoms with Gasteiger partial charge in [0.15, 0.2) is 5.16 Å². The first-order valence-electron chi connectivity index (χ1n) is 9.04. The molecule has 0 spiro atoms. The summed E-state index contributed by atoms with van der Waals surface area (Å²) in [5.41, 5.74) is 1.06. The molecule has 0 saturated carbocycles. The Morgan fingerprint density at radius 3 is 2.67 bits per heavy atom. The number of benzene rings is 2. The van der Waals surface area contributed by atoms with E-state index in [1.807, 2.05) is 36.4 Å². The zero-order chi connectivity index (χ0) is 21.1. The van der Waals surface area contributed by atoms with Crippen LogP contribution >= 0.6 is 11.8 Å². The van der Waals surface area contributed by atoms with Crippen LogP contribution in [-0.4, -0.2) is 40.6 Å². The number of para-hydroxylation sites is 2. The zero-order valence-corrected chi connectivity index (χ0v) is 17.1. The largest absolute Gasteiger partial charge is 0.861 e. The van der Waals surface area contributed by atoms with E-state index >= 15 is 0 Å². The van der Waals surface area contributed by atoms with Crippen LogP contribution in [0.4, 0.5) is 5.88 Å². The Morgan fingerprint density at radius 1 is 1.20 bits per heavy atom. The summed E-state index contributed by atoms with van der Waals surface area (Å²) in [7, 11) is 3.55. The first-order valence-corrected chi connectivity index (χ1v) is 10.0. The van der Waals surface area contributed by atoms with E-state index in [9.17, 15) is 9.90 Å². The maximum atomic E-state index is 13.1. The molecule has 4 rings (SSSR count). The summed E-state index contributed by atoms with van der Waals surface area (Å²) in [6.07, 6.45) is 1.50. The quantitative estimate of drug-likeness (QED) is 0.150. The zero-order valence-electron chi connectivity index (χ0n) is 16.3. The number of hydrogen-bond donors (Lipinski definition) is 0.